The van der Waals surface area contributed by atoms with Crippen molar-refractivity contribution >= 4 is 23.6 Å². The Morgan fingerprint density at radius 3 is 2.51 bits per heavy atom. The number of ether oxygens (including phenoxy) is 2. The summed E-state index contributed by atoms with van der Waals surface area (Å²) >= 11 is 1.83. The Bertz CT molecular complexity index is 974. The maximum Gasteiger partial charge on any atom is 0.251 e. The summed E-state index contributed by atoms with van der Waals surface area (Å²) in [6, 6.07) is 16.5. The number of amides is 2. The van der Waals surface area contributed by atoms with Crippen molar-refractivity contribution in [2.75, 3.05) is 24.7 Å². The minimum atomic E-state index is -1.03. The highest BCUT2D eigenvalue weighted by Crippen LogP contribution is 2.25. The van der Waals surface area contributed by atoms with Crippen molar-refractivity contribution in [3.8, 4) is 11.1 Å². The number of carbonyl (C=O) groups excluding carboxylic acids is 2. The van der Waals surface area contributed by atoms with E-state index in [4.69, 9.17) is 9.47 Å². The molecule has 0 aromatic heterocycles. The van der Waals surface area contributed by atoms with Gasteiger partial charge < -0.3 is 30.3 Å². The van der Waals surface area contributed by atoms with E-state index >= 15 is 0 Å². The Kier molecular flexibility index (Phi) is 11.9. The van der Waals surface area contributed by atoms with Crippen LogP contribution in [0.3, 0.4) is 0 Å². The molecule has 2 aromatic rings. The number of thioether (sulfide) groups is 1. The van der Waals surface area contributed by atoms with E-state index in [0.717, 1.165) is 29.1 Å². The molecule has 3 rings (SSSR count). The Hall–Kier alpha value is -2.43. The Labute approximate surface area is 223 Å². The highest BCUT2D eigenvalue weighted by atomic mass is 32.2. The van der Waals surface area contributed by atoms with E-state index in [0.29, 0.717) is 12.2 Å². The molecule has 9 heteroatoms. The molecular formula is C28H38N2O6S. The molecule has 1 aliphatic rings. The van der Waals surface area contributed by atoms with Crippen LogP contribution < -0.4 is 10.6 Å². The molecule has 0 bridgehead atoms. The topological polar surface area (TPSA) is 117 Å². The largest absolute Gasteiger partial charge is 0.391 e. The van der Waals surface area contributed by atoms with Gasteiger partial charge in [-0.3, -0.25) is 9.59 Å². The normalized spacial score (nSPS) is 22.3. The molecule has 37 heavy (non-hydrogen) atoms. The number of nitrogens with one attached hydrogen (secondary N) is 2. The molecule has 0 saturated carbocycles. The molecule has 0 aliphatic carbocycles. The zero-order chi connectivity index (χ0) is 26.6. The third kappa shape index (κ3) is 9.12. The Balaban J connectivity index is 1.52. The summed E-state index contributed by atoms with van der Waals surface area (Å²) in [7, 11) is 0. The molecule has 202 valence electrons. The van der Waals surface area contributed by atoms with Crippen LogP contribution in [0, 0.1) is 0 Å². The van der Waals surface area contributed by atoms with Gasteiger partial charge in [-0.1, -0.05) is 49.4 Å². The zero-order valence-corrected chi connectivity index (χ0v) is 22.3. The highest BCUT2D eigenvalue weighted by Gasteiger charge is 2.42. The summed E-state index contributed by atoms with van der Waals surface area (Å²) in [6.45, 7) is 4.14. The second kappa shape index (κ2) is 15.1. The SMILES string of the molecule is CCSCCCOC1CC(O)C(NC(C)=O)C(C(O)CCNC(=O)c2ccc(-c3ccccc3)cc2)O1. The van der Waals surface area contributed by atoms with Crippen molar-refractivity contribution < 1.29 is 29.3 Å². The van der Waals surface area contributed by atoms with E-state index in [1.807, 2.05) is 54.2 Å². The smallest absolute Gasteiger partial charge is 0.251 e. The first-order chi connectivity index (χ1) is 17.9. The van der Waals surface area contributed by atoms with Crippen molar-refractivity contribution in [2.24, 2.45) is 0 Å². The number of benzene rings is 2. The van der Waals surface area contributed by atoms with Gasteiger partial charge in [-0.05, 0) is 47.6 Å². The van der Waals surface area contributed by atoms with Crippen LogP contribution in [0.2, 0.25) is 0 Å². The molecule has 1 fully saturated rings. The van der Waals surface area contributed by atoms with Crippen LogP contribution in [-0.4, -0.2) is 77.3 Å². The number of carbonyl (C=O) groups is 2. The maximum absolute atomic E-state index is 12.6. The van der Waals surface area contributed by atoms with E-state index in [1.54, 1.807) is 12.1 Å². The van der Waals surface area contributed by atoms with E-state index in [-0.39, 0.29) is 31.2 Å². The van der Waals surface area contributed by atoms with Gasteiger partial charge in [0, 0.05) is 25.5 Å². The van der Waals surface area contributed by atoms with Crippen LogP contribution in [0.25, 0.3) is 11.1 Å². The second-order valence-electron chi connectivity index (χ2n) is 9.04. The van der Waals surface area contributed by atoms with Gasteiger partial charge in [0.1, 0.15) is 6.10 Å². The molecule has 4 N–H and O–H groups in total. The van der Waals surface area contributed by atoms with E-state index in [9.17, 15) is 19.8 Å². The lowest BCUT2D eigenvalue weighted by atomic mass is 9.93. The maximum atomic E-state index is 12.6. The molecule has 0 spiro atoms. The van der Waals surface area contributed by atoms with Gasteiger partial charge in [0.25, 0.3) is 5.91 Å². The van der Waals surface area contributed by atoms with Crippen molar-refractivity contribution in [2.45, 2.75) is 63.8 Å². The first kappa shape index (κ1) is 29.1. The van der Waals surface area contributed by atoms with Crippen molar-refractivity contribution in [1.82, 2.24) is 10.6 Å². The first-order valence-corrected chi connectivity index (χ1v) is 14.0. The Morgan fingerprint density at radius 1 is 1.14 bits per heavy atom. The third-order valence-corrected chi connectivity index (χ3v) is 7.17. The molecule has 1 saturated heterocycles. The minimum absolute atomic E-state index is 0.182. The average molecular weight is 531 g/mol. The molecule has 1 aliphatic heterocycles. The quantitative estimate of drug-likeness (QED) is 0.294. The molecule has 8 nitrogen and oxygen atoms in total. The van der Waals surface area contributed by atoms with Crippen LogP contribution >= 0.6 is 11.8 Å². The van der Waals surface area contributed by atoms with Gasteiger partial charge in [0.15, 0.2) is 6.29 Å². The Morgan fingerprint density at radius 2 is 1.84 bits per heavy atom. The standard InChI is InChI=1S/C28H38N2O6S/c1-3-37-17-7-16-35-25-18-24(33)26(30-19(2)31)27(36-25)23(32)14-15-29-28(34)22-12-10-21(11-13-22)20-8-5-4-6-9-20/h4-6,8-13,23-27,32-33H,3,7,14-18H2,1-2H3,(H,29,34)(H,30,31). The minimum Gasteiger partial charge on any atom is -0.391 e. The number of aliphatic hydroxyl groups is 2. The molecule has 0 radical (unpaired) electrons. The van der Waals surface area contributed by atoms with Gasteiger partial charge in [-0.15, -0.1) is 0 Å². The van der Waals surface area contributed by atoms with Gasteiger partial charge >= 0.3 is 0 Å². The monoisotopic (exact) mass is 530 g/mol. The molecule has 5 unspecified atom stereocenters. The summed E-state index contributed by atoms with van der Waals surface area (Å²) < 4.78 is 11.8. The summed E-state index contributed by atoms with van der Waals surface area (Å²) in [6.07, 6.45) is -2.27. The van der Waals surface area contributed by atoms with Gasteiger partial charge in [-0.25, -0.2) is 0 Å². The summed E-state index contributed by atoms with van der Waals surface area (Å²) in [5.41, 5.74) is 2.61. The molecule has 2 amide bonds. The van der Waals surface area contributed by atoms with Crippen LogP contribution in [0.15, 0.2) is 54.6 Å². The number of aliphatic hydroxyl groups excluding tert-OH is 2. The fourth-order valence-corrected chi connectivity index (χ4v) is 4.90. The van der Waals surface area contributed by atoms with Gasteiger partial charge in [-0.2, -0.15) is 11.8 Å². The fraction of sp³-hybridized carbons (Fsp3) is 0.500. The van der Waals surface area contributed by atoms with Gasteiger partial charge in [0.2, 0.25) is 5.91 Å². The molecular weight excluding hydrogens is 492 g/mol. The van der Waals surface area contributed by atoms with Crippen molar-refractivity contribution in [3.05, 3.63) is 60.2 Å². The van der Waals surface area contributed by atoms with Crippen molar-refractivity contribution in [3.63, 3.8) is 0 Å². The van der Waals surface area contributed by atoms with E-state index in [1.165, 1.54) is 6.92 Å². The summed E-state index contributed by atoms with van der Waals surface area (Å²) in [5, 5.41) is 27.1. The summed E-state index contributed by atoms with van der Waals surface area (Å²) in [5.74, 6) is 1.44. The van der Waals surface area contributed by atoms with Gasteiger partial charge in [0.05, 0.1) is 24.9 Å². The summed E-state index contributed by atoms with van der Waals surface area (Å²) in [4.78, 5) is 24.3. The average Bonchev–Trinajstić information content (AvgIpc) is 2.90. The molecule has 2 aromatic carbocycles. The highest BCUT2D eigenvalue weighted by molar-refractivity contribution is 7.99. The fourth-order valence-electron chi connectivity index (χ4n) is 4.29. The lowest BCUT2D eigenvalue weighted by Gasteiger charge is -2.41. The lowest BCUT2D eigenvalue weighted by Crippen LogP contribution is -2.61. The van der Waals surface area contributed by atoms with E-state index in [2.05, 4.69) is 17.6 Å². The van der Waals surface area contributed by atoms with E-state index < -0.39 is 30.6 Å². The molecule has 1 heterocycles. The molecule has 5 atom stereocenters. The van der Waals surface area contributed by atoms with Crippen LogP contribution in [0.4, 0.5) is 0 Å². The first-order valence-electron chi connectivity index (χ1n) is 12.8. The van der Waals surface area contributed by atoms with Crippen LogP contribution in [0.5, 0.6) is 0 Å². The number of hydrogen-bond donors (Lipinski definition) is 4. The number of rotatable bonds is 13. The predicted molar refractivity (Wildman–Crippen MR) is 145 cm³/mol. The zero-order valence-electron chi connectivity index (χ0n) is 21.5. The van der Waals surface area contributed by atoms with Crippen LogP contribution in [0.1, 0.15) is 43.5 Å². The number of hydrogen-bond acceptors (Lipinski definition) is 7. The van der Waals surface area contributed by atoms with Crippen molar-refractivity contribution in [1.29, 1.82) is 0 Å². The second-order valence-corrected chi connectivity index (χ2v) is 10.4. The lowest BCUT2D eigenvalue weighted by molar-refractivity contribution is -0.244. The van der Waals surface area contributed by atoms with Crippen LogP contribution in [-0.2, 0) is 14.3 Å². The predicted octanol–water partition coefficient (Wildman–Crippen LogP) is 2.97. The third-order valence-electron chi connectivity index (χ3n) is 6.18.